The zero-order chi connectivity index (χ0) is 51.9. The number of aromatic nitrogens is 3. The van der Waals surface area contributed by atoms with Crippen LogP contribution in [0.4, 0.5) is 0 Å². The van der Waals surface area contributed by atoms with E-state index in [1.807, 2.05) is 60.7 Å². The molecule has 0 aliphatic heterocycles. The number of rotatable bonds is 31. The van der Waals surface area contributed by atoms with Crippen LogP contribution in [0.1, 0.15) is 86.7 Å². The van der Waals surface area contributed by atoms with Gasteiger partial charge >= 0.3 is 0 Å². The number of benzene rings is 2. The number of nitrogens with one attached hydrogen (secondary N) is 3. The average Bonchev–Trinajstić information content (AvgIpc) is 3.38. The predicted molar refractivity (Wildman–Crippen MR) is 268 cm³/mol. The van der Waals surface area contributed by atoms with Crippen LogP contribution in [0.15, 0.2) is 112 Å². The van der Waals surface area contributed by atoms with Crippen molar-refractivity contribution in [2.45, 2.75) is 83.8 Å². The molecular weight excluding hydrogens is 931 g/mol. The molecule has 0 atom stereocenters. The molecule has 0 unspecified atom stereocenters. The molecule has 3 N–H and O–H groups in total. The lowest BCUT2D eigenvalue weighted by Gasteiger charge is -2.26. The van der Waals surface area contributed by atoms with Crippen LogP contribution in [0, 0.1) is 17.0 Å². The molecule has 3 aromatic heterocycles. The predicted octanol–water partition coefficient (Wildman–Crippen LogP) is 4.52. The summed E-state index contributed by atoms with van der Waals surface area (Å²) in [7, 11) is 4.54. The molecule has 5 rings (SSSR count). The van der Waals surface area contributed by atoms with Gasteiger partial charge < -0.3 is 53.3 Å². The smallest absolute Gasteiger partial charge is 0.271 e. The molecule has 20 nitrogen and oxygen atoms in total. The van der Waals surface area contributed by atoms with Crippen LogP contribution in [0.3, 0.4) is 0 Å². The standard InChI is InChI=1S/C52H65N7O13/c1-38-41(60)18-27-56(30-33-68-2)44(38)49(63)53-24-11-21-52(59(66)67,22-12-25-54-50(64)45-47(71-36-39-14-7-5-8-15-39)42(61)19-28-57(45)31-34-69-3)23-13-26-55-51(65)46-48(72-37-40-16-9-6-10-17-40)43(62)20-29-58(46)32-35-70-4/h5-10,14-20,27-29H,11-13,21-26,30-37H2,1-4H3,(H,53,63)(H,54,64)(H,55,65). The van der Waals surface area contributed by atoms with Crippen LogP contribution in [0.2, 0.25) is 0 Å². The zero-order valence-electron chi connectivity index (χ0n) is 41.4. The highest BCUT2D eigenvalue weighted by molar-refractivity contribution is 5.96. The topological polar surface area (TPSA) is 243 Å². The van der Waals surface area contributed by atoms with Crippen molar-refractivity contribution in [3.8, 4) is 11.5 Å². The number of nitro groups is 1. The van der Waals surface area contributed by atoms with E-state index in [4.69, 9.17) is 23.7 Å². The lowest BCUT2D eigenvalue weighted by molar-refractivity contribution is -0.574. The van der Waals surface area contributed by atoms with Crippen molar-refractivity contribution in [1.29, 1.82) is 0 Å². The third-order valence-electron chi connectivity index (χ3n) is 12.1. The summed E-state index contributed by atoms with van der Waals surface area (Å²) >= 11 is 0. The van der Waals surface area contributed by atoms with E-state index in [1.165, 1.54) is 58.1 Å². The van der Waals surface area contributed by atoms with Crippen LogP contribution in [0.5, 0.6) is 11.5 Å². The van der Waals surface area contributed by atoms with Crippen molar-refractivity contribution in [3.05, 3.63) is 172 Å². The van der Waals surface area contributed by atoms with Gasteiger partial charge in [-0.2, -0.15) is 0 Å². The second kappa shape index (κ2) is 28.4. The van der Waals surface area contributed by atoms with Crippen LogP contribution >= 0.6 is 0 Å². The van der Waals surface area contributed by atoms with Crippen molar-refractivity contribution in [2.24, 2.45) is 0 Å². The van der Waals surface area contributed by atoms with E-state index in [-0.39, 0.29) is 142 Å². The van der Waals surface area contributed by atoms with Gasteiger partial charge in [0.1, 0.15) is 18.9 Å². The largest absolute Gasteiger partial charge is 0.483 e. The van der Waals surface area contributed by atoms with Gasteiger partial charge in [-0.15, -0.1) is 0 Å². The summed E-state index contributed by atoms with van der Waals surface area (Å²) in [4.78, 5) is 93.2. The van der Waals surface area contributed by atoms with Gasteiger partial charge in [0, 0.05) is 127 Å². The van der Waals surface area contributed by atoms with Crippen LogP contribution < -0.4 is 41.7 Å². The fourth-order valence-corrected chi connectivity index (χ4v) is 8.19. The minimum absolute atomic E-state index is 0.00807. The van der Waals surface area contributed by atoms with Gasteiger partial charge in [-0.25, -0.2) is 0 Å². The summed E-state index contributed by atoms with van der Waals surface area (Å²) in [6.45, 7) is 3.13. The number of amides is 3. The number of pyridine rings is 3. The summed E-state index contributed by atoms with van der Waals surface area (Å²) in [5.41, 5.74) is -1.00. The maximum absolute atomic E-state index is 14.0. The number of ether oxygens (including phenoxy) is 5. The first-order chi connectivity index (χ1) is 34.8. The molecule has 20 heteroatoms. The van der Waals surface area contributed by atoms with Crippen molar-refractivity contribution >= 4 is 17.7 Å². The van der Waals surface area contributed by atoms with Gasteiger partial charge in [-0.05, 0) is 37.3 Å². The minimum Gasteiger partial charge on any atom is -0.483 e. The molecule has 0 saturated carbocycles. The minimum atomic E-state index is -1.60. The monoisotopic (exact) mass is 995 g/mol. The Balaban J connectivity index is 1.33. The van der Waals surface area contributed by atoms with Gasteiger partial charge in [-0.1, -0.05) is 60.7 Å². The Labute approximate surface area is 417 Å². The van der Waals surface area contributed by atoms with E-state index in [9.17, 15) is 38.9 Å². The lowest BCUT2D eigenvalue weighted by Crippen LogP contribution is -2.41. The number of carbonyl (C=O) groups excluding carboxylic acids is 3. The molecule has 0 fully saturated rings. The Morgan fingerprint density at radius 1 is 0.542 bits per heavy atom. The zero-order valence-corrected chi connectivity index (χ0v) is 41.4. The summed E-state index contributed by atoms with van der Waals surface area (Å²) in [6.07, 6.45) is 4.85. The number of carbonyl (C=O) groups is 3. The SMILES string of the molecule is COCCn1ccc(=O)c(C)c1C(=O)NCCCC(CCCNC(=O)c1c(OCc2ccccc2)c(=O)ccn1CCOC)(CCCNC(=O)c1c(OCc2ccccc2)c(=O)ccn1CCOC)[N+](=O)[O-]. The molecule has 0 saturated heterocycles. The first-order valence-corrected chi connectivity index (χ1v) is 23.8. The molecular formula is C52H65N7O13. The fraction of sp³-hybridized carbons (Fsp3) is 0.423. The first kappa shape index (κ1) is 55.5. The summed E-state index contributed by atoms with van der Waals surface area (Å²) in [5, 5.41) is 21.8. The molecule has 2 aromatic carbocycles. The Hall–Kier alpha value is -7.42. The molecule has 0 aliphatic carbocycles. The molecule has 0 aliphatic rings. The Kier molecular flexibility index (Phi) is 21.9. The lowest BCUT2D eigenvalue weighted by atomic mass is 9.84. The fourth-order valence-electron chi connectivity index (χ4n) is 8.19. The van der Waals surface area contributed by atoms with E-state index in [0.29, 0.717) is 13.2 Å². The molecule has 0 bridgehead atoms. The third-order valence-corrected chi connectivity index (χ3v) is 12.1. The average molecular weight is 996 g/mol. The highest BCUT2D eigenvalue weighted by Gasteiger charge is 2.41. The van der Waals surface area contributed by atoms with Crippen LogP contribution in [0.25, 0.3) is 0 Å². The summed E-state index contributed by atoms with van der Waals surface area (Å²) < 4.78 is 32.3. The molecule has 3 heterocycles. The van der Waals surface area contributed by atoms with Gasteiger partial charge in [0.25, 0.3) is 17.7 Å². The molecule has 386 valence electrons. The molecule has 3 amide bonds. The Bertz CT molecular complexity index is 2630. The van der Waals surface area contributed by atoms with Crippen molar-refractivity contribution in [3.63, 3.8) is 0 Å². The first-order valence-electron chi connectivity index (χ1n) is 23.8. The maximum atomic E-state index is 14.0. The van der Waals surface area contributed by atoms with Crippen molar-refractivity contribution in [2.75, 3.05) is 60.8 Å². The molecule has 0 radical (unpaired) electrons. The summed E-state index contributed by atoms with van der Waals surface area (Å²) in [5.74, 6) is -2.07. The molecule has 72 heavy (non-hydrogen) atoms. The second-order valence-electron chi connectivity index (χ2n) is 17.0. The van der Waals surface area contributed by atoms with Crippen LogP contribution in [-0.2, 0) is 47.1 Å². The van der Waals surface area contributed by atoms with Gasteiger partial charge in [0.2, 0.25) is 16.4 Å². The highest BCUT2D eigenvalue weighted by Crippen LogP contribution is 2.29. The number of hydrogen-bond donors (Lipinski definition) is 3. The quantitative estimate of drug-likeness (QED) is 0.0315. The number of nitrogens with zero attached hydrogens (tertiary/aromatic N) is 4. The molecule has 0 spiro atoms. The number of methoxy groups -OCH3 is 3. The van der Waals surface area contributed by atoms with E-state index >= 15 is 0 Å². The van der Waals surface area contributed by atoms with E-state index in [2.05, 4.69) is 16.0 Å². The van der Waals surface area contributed by atoms with Crippen molar-refractivity contribution < 1.29 is 43.0 Å². The van der Waals surface area contributed by atoms with Gasteiger partial charge in [-0.3, -0.25) is 38.9 Å². The van der Waals surface area contributed by atoms with Gasteiger partial charge in [0.05, 0.1) is 19.8 Å². The Morgan fingerprint density at radius 2 is 0.889 bits per heavy atom. The second-order valence-corrected chi connectivity index (χ2v) is 17.0. The highest BCUT2D eigenvalue weighted by atomic mass is 16.6. The molecule has 5 aromatic rings. The van der Waals surface area contributed by atoms with E-state index in [1.54, 1.807) is 20.6 Å². The van der Waals surface area contributed by atoms with E-state index in [0.717, 1.165) is 11.1 Å². The third kappa shape index (κ3) is 15.5. The summed E-state index contributed by atoms with van der Waals surface area (Å²) in [6, 6.07) is 22.3. The van der Waals surface area contributed by atoms with Crippen molar-refractivity contribution in [1.82, 2.24) is 29.7 Å². The normalized spacial score (nSPS) is 11.2. The van der Waals surface area contributed by atoms with E-state index < -0.39 is 34.1 Å². The number of hydrogen-bond acceptors (Lipinski definition) is 13. The maximum Gasteiger partial charge on any atom is 0.271 e. The van der Waals surface area contributed by atoms with Gasteiger partial charge in [0.15, 0.2) is 28.3 Å². The van der Waals surface area contributed by atoms with Crippen LogP contribution in [-0.4, -0.2) is 103 Å². The Morgan fingerprint density at radius 3 is 1.25 bits per heavy atom.